The molecule has 1 saturated heterocycles. The summed E-state index contributed by atoms with van der Waals surface area (Å²) in [6.45, 7) is 3.95. The van der Waals surface area contributed by atoms with Crippen molar-refractivity contribution in [2.45, 2.75) is 26.0 Å². The quantitative estimate of drug-likeness (QED) is 0.637. The van der Waals surface area contributed by atoms with Gasteiger partial charge < -0.3 is 5.11 Å². The zero-order chi connectivity index (χ0) is 12.4. The molecule has 17 heavy (non-hydrogen) atoms. The van der Waals surface area contributed by atoms with Crippen molar-refractivity contribution in [1.82, 2.24) is 4.90 Å². The number of hydrogen-bond acceptors (Lipinski definition) is 4. The number of likely N-dealkylation sites (tertiary alicyclic amines) is 1. The van der Waals surface area contributed by atoms with Crippen LogP contribution in [0.5, 0.6) is 0 Å². The second-order valence-electron chi connectivity index (χ2n) is 4.50. The lowest BCUT2D eigenvalue weighted by Gasteiger charge is -2.16. The Hall–Kier alpha value is -1.46. The molecule has 0 saturated carbocycles. The minimum absolute atomic E-state index is 0.169. The average molecular weight is 236 g/mol. The fraction of sp³-hybridized carbons (Fsp3) is 0.500. The van der Waals surface area contributed by atoms with Crippen LogP contribution >= 0.6 is 0 Å². The molecule has 1 atom stereocenters. The van der Waals surface area contributed by atoms with E-state index < -0.39 is 0 Å². The summed E-state index contributed by atoms with van der Waals surface area (Å²) in [6, 6.07) is 5.15. The van der Waals surface area contributed by atoms with Crippen LogP contribution in [0.3, 0.4) is 0 Å². The lowest BCUT2D eigenvalue weighted by Crippen LogP contribution is -2.22. The topological polar surface area (TPSA) is 66.6 Å². The maximum atomic E-state index is 10.8. The smallest absolute Gasteiger partial charge is 0.272 e. The minimum Gasteiger partial charge on any atom is -0.392 e. The van der Waals surface area contributed by atoms with Gasteiger partial charge >= 0.3 is 0 Å². The van der Waals surface area contributed by atoms with Gasteiger partial charge in [-0.3, -0.25) is 15.0 Å². The van der Waals surface area contributed by atoms with Gasteiger partial charge in [-0.15, -0.1) is 0 Å². The van der Waals surface area contributed by atoms with E-state index in [1.807, 2.05) is 6.07 Å². The van der Waals surface area contributed by atoms with Crippen LogP contribution in [0.4, 0.5) is 5.69 Å². The second kappa shape index (κ2) is 4.81. The van der Waals surface area contributed by atoms with Gasteiger partial charge in [-0.1, -0.05) is 12.1 Å². The Morgan fingerprint density at radius 1 is 1.59 bits per heavy atom. The van der Waals surface area contributed by atoms with Gasteiger partial charge in [0.05, 0.1) is 11.0 Å². The Bertz CT molecular complexity index is 434. The Kier molecular flexibility index (Phi) is 3.40. The van der Waals surface area contributed by atoms with Gasteiger partial charge in [-0.05, 0) is 18.9 Å². The number of benzene rings is 1. The molecule has 2 rings (SSSR count). The third kappa shape index (κ3) is 2.62. The van der Waals surface area contributed by atoms with E-state index in [-0.39, 0.29) is 16.7 Å². The number of β-amino-alcohol motifs (C(OH)–C–C–N with tert-alkyl or cyclic N) is 1. The van der Waals surface area contributed by atoms with Gasteiger partial charge in [0.15, 0.2) is 0 Å². The fourth-order valence-corrected chi connectivity index (χ4v) is 2.24. The fourth-order valence-electron chi connectivity index (χ4n) is 2.24. The lowest BCUT2D eigenvalue weighted by molar-refractivity contribution is -0.385. The summed E-state index contributed by atoms with van der Waals surface area (Å²) in [5.74, 6) is 0. The third-order valence-electron chi connectivity index (χ3n) is 3.26. The highest BCUT2D eigenvalue weighted by atomic mass is 16.6. The number of hydrogen-bond donors (Lipinski definition) is 1. The van der Waals surface area contributed by atoms with Gasteiger partial charge in [0.1, 0.15) is 0 Å². The van der Waals surface area contributed by atoms with E-state index in [1.165, 1.54) is 6.07 Å². The number of rotatable bonds is 3. The molecule has 0 spiro atoms. The molecule has 0 amide bonds. The summed E-state index contributed by atoms with van der Waals surface area (Å²) in [5.41, 5.74) is 1.86. The van der Waals surface area contributed by atoms with Crippen LogP contribution in [0.25, 0.3) is 0 Å². The van der Waals surface area contributed by atoms with E-state index >= 15 is 0 Å². The zero-order valence-electron chi connectivity index (χ0n) is 9.80. The molecule has 1 aromatic rings. The van der Waals surface area contributed by atoms with Crippen molar-refractivity contribution >= 4 is 5.69 Å². The Morgan fingerprint density at radius 2 is 2.35 bits per heavy atom. The van der Waals surface area contributed by atoms with E-state index in [1.54, 1.807) is 13.0 Å². The highest BCUT2D eigenvalue weighted by Crippen LogP contribution is 2.23. The molecule has 0 bridgehead atoms. The van der Waals surface area contributed by atoms with Crippen LogP contribution in [0, 0.1) is 17.0 Å². The maximum Gasteiger partial charge on any atom is 0.272 e. The van der Waals surface area contributed by atoms with Crippen molar-refractivity contribution in [3.8, 4) is 0 Å². The van der Waals surface area contributed by atoms with E-state index in [0.29, 0.717) is 13.1 Å². The average Bonchev–Trinajstić information content (AvgIpc) is 2.67. The largest absolute Gasteiger partial charge is 0.392 e. The van der Waals surface area contributed by atoms with Crippen LogP contribution < -0.4 is 0 Å². The molecule has 1 aromatic carbocycles. The number of nitro benzene ring substituents is 1. The first-order valence-electron chi connectivity index (χ1n) is 5.71. The van der Waals surface area contributed by atoms with Gasteiger partial charge in [0.25, 0.3) is 5.69 Å². The van der Waals surface area contributed by atoms with Crippen molar-refractivity contribution in [2.75, 3.05) is 13.1 Å². The van der Waals surface area contributed by atoms with Gasteiger partial charge in [-0.25, -0.2) is 0 Å². The molecule has 1 heterocycles. The van der Waals surface area contributed by atoms with Crippen molar-refractivity contribution in [2.24, 2.45) is 0 Å². The molecule has 0 radical (unpaired) electrons. The molecular weight excluding hydrogens is 220 g/mol. The monoisotopic (exact) mass is 236 g/mol. The summed E-state index contributed by atoms with van der Waals surface area (Å²) in [4.78, 5) is 12.6. The van der Waals surface area contributed by atoms with Crippen molar-refractivity contribution in [1.29, 1.82) is 0 Å². The van der Waals surface area contributed by atoms with Crippen LogP contribution in [0.15, 0.2) is 18.2 Å². The highest BCUT2D eigenvalue weighted by Gasteiger charge is 2.22. The summed E-state index contributed by atoms with van der Waals surface area (Å²) in [7, 11) is 0. The van der Waals surface area contributed by atoms with E-state index in [2.05, 4.69) is 4.90 Å². The number of nitrogens with zero attached hydrogens (tertiary/aromatic N) is 2. The first-order chi connectivity index (χ1) is 8.08. The molecule has 0 unspecified atom stereocenters. The molecule has 5 nitrogen and oxygen atoms in total. The summed E-state index contributed by atoms with van der Waals surface area (Å²) < 4.78 is 0. The van der Waals surface area contributed by atoms with Crippen LogP contribution in [-0.2, 0) is 6.54 Å². The van der Waals surface area contributed by atoms with Gasteiger partial charge in [0, 0.05) is 31.3 Å². The van der Waals surface area contributed by atoms with E-state index in [4.69, 9.17) is 0 Å². The number of nitro groups is 1. The van der Waals surface area contributed by atoms with Crippen LogP contribution in [0.2, 0.25) is 0 Å². The number of aliphatic hydroxyl groups is 1. The third-order valence-corrected chi connectivity index (χ3v) is 3.26. The lowest BCUT2D eigenvalue weighted by atomic mass is 10.1. The summed E-state index contributed by atoms with van der Waals surface area (Å²) in [6.07, 6.45) is 0.530. The molecule has 1 N–H and O–H groups in total. The Morgan fingerprint density at radius 3 is 2.94 bits per heavy atom. The Balaban J connectivity index is 2.16. The minimum atomic E-state index is -0.350. The molecule has 1 aliphatic rings. The molecule has 0 aromatic heterocycles. The maximum absolute atomic E-state index is 10.8. The first kappa shape index (κ1) is 12.0. The Labute approximate surface area is 99.8 Å². The van der Waals surface area contributed by atoms with Crippen LogP contribution in [0.1, 0.15) is 17.5 Å². The molecule has 0 aliphatic carbocycles. The molecular formula is C12H16N2O3. The SMILES string of the molecule is Cc1c(CN2CC[C@H](O)C2)cccc1[N+](=O)[O-]. The standard InChI is InChI=1S/C12H16N2O3/c1-9-10(3-2-4-12(9)14(16)17)7-13-6-5-11(15)8-13/h2-4,11,15H,5-8H2,1H3/t11-/m0/s1. The molecule has 5 heteroatoms. The number of aliphatic hydroxyl groups excluding tert-OH is 1. The van der Waals surface area contributed by atoms with Gasteiger partial charge in [0.2, 0.25) is 0 Å². The predicted octanol–water partition coefficient (Wildman–Crippen LogP) is 1.47. The van der Waals surface area contributed by atoms with Crippen molar-refractivity contribution < 1.29 is 10.0 Å². The van der Waals surface area contributed by atoms with Crippen LogP contribution in [-0.4, -0.2) is 34.1 Å². The second-order valence-corrected chi connectivity index (χ2v) is 4.50. The van der Waals surface area contributed by atoms with Gasteiger partial charge in [-0.2, -0.15) is 0 Å². The highest BCUT2D eigenvalue weighted by molar-refractivity contribution is 5.44. The van der Waals surface area contributed by atoms with Crippen molar-refractivity contribution in [3.63, 3.8) is 0 Å². The molecule has 92 valence electrons. The summed E-state index contributed by atoms with van der Waals surface area (Å²) >= 11 is 0. The predicted molar refractivity (Wildman–Crippen MR) is 63.7 cm³/mol. The first-order valence-corrected chi connectivity index (χ1v) is 5.71. The molecule has 1 fully saturated rings. The van der Waals surface area contributed by atoms with Crippen molar-refractivity contribution in [3.05, 3.63) is 39.4 Å². The zero-order valence-corrected chi connectivity index (χ0v) is 9.80. The summed E-state index contributed by atoms with van der Waals surface area (Å²) in [5, 5.41) is 20.3. The normalized spacial score (nSPS) is 20.7. The van der Waals surface area contributed by atoms with E-state index in [0.717, 1.165) is 24.1 Å². The molecule has 1 aliphatic heterocycles. The van der Waals surface area contributed by atoms with E-state index in [9.17, 15) is 15.2 Å².